The molecule has 0 radical (unpaired) electrons. The largest absolute Gasteiger partial charge is 0.356 e. The molecule has 0 fully saturated rings. The number of rotatable bonds is 9. The topological polar surface area (TPSA) is 61.8 Å². The molecule has 7 heteroatoms. The molecule has 1 rings (SSSR count). The van der Waals surface area contributed by atoms with Gasteiger partial charge in [0.2, 0.25) is 0 Å². The third-order valence-corrected chi connectivity index (χ3v) is 5.25. The number of guanidine groups is 1. The maximum Gasteiger partial charge on any atom is 0.193 e. The number of aliphatic imine (C=N–C) groups is 1. The molecule has 0 aliphatic carbocycles. The van der Waals surface area contributed by atoms with Gasteiger partial charge in [-0.05, 0) is 18.4 Å². The summed E-state index contributed by atoms with van der Waals surface area (Å²) in [4.78, 5) is 6.30. The quantitative estimate of drug-likeness (QED) is 0.263. The molecular weight excluding hydrogens is 437 g/mol. The van der Waals surface area contributed by atoms with Crippen LogP contribution in [0.4, 0.5) is 0 Å². The van der Waals surface area contributed by atoms with Gasteiger partial charge in [-0.15, -0.1) is 24.0 Å². The van der Waals surface area contributed by atoms with Crippen LogP contribution >= 0.6 is 24.0 Å². The summed E-state index contributed by atoms with van der Waals surface area (Å²) in [6.07, 6.45) is 2.83. The molecule has 0 bridgehead atoms. The molecule has 138 valence electrons. The lowest BCUT2D eigenvalue weighted by molar-refractivity contribution is 0.464. The molecule has 0 aliphatic rings. The van der Waals surface area contributed by atoms with E-state index in [4.69, 9.17) is 0 Å². The number of halogens is 1. The molecule has 0 atom stereocenters. The Morgan fingerprint density at radius 3 is 2.46 bits per heavy atom. The Bertz CT molecular complexity index is 577. The minimum Gasteiger partial charge on any atom is -0.356 e. The molecule has 1 aromatic carbocycles. The van der Waals surface area contributed by atoms with Crippen LogP contribution in [0.5, 0.6) is 0 Å². The van der Waals surface area contributed by atoms with Crippen molar-refractivity contribution in [3.05, 3.63) is 35.9 Å². The molecule has 0 heterocycles. The summed E-state index contributed by atoms with van der Waals surface area (Å²) in [5.74, 6) is 1.11. The predicted octanol–water partition coefficient (Wildman–Crippen LogP) is 2.92. The lowest BCUT2D eigenvalue weighted by atomic mass is 10.2. The molecule has 0 saturated heterocycles. The minimum absolute atomic E-state index is 0. The lowest BCUT2D eigenvalue weighted by Gasteiger charge is -2.21. The molecule has 0 amide bonds. The third kappa shape index (κ3) is 9.46. The van der Waals surface area contributed by atoms with E-state index in [0.717, 1.165) is 30.9 Å². The van der Waals surface area contributed by atoms with Gasteiger partial charge in [-0.1, -0.05) is 43.7 Å². The van der Waals surface area contributed by atoms with Crippen molar-refractivity contribution in [3.63, 3.8) is 0 Å². The number of hydrogen-bond acceptors (Lipinski definition) is 3. The summed E-state index contributed by atoms with van der Waals surface area (Å²) in [5, 5.41) is 3.23. The van der Waals surface area contributed by atoms with Crippen LogP contribution in [0.1, 0.15) is 31.7 Å². The highest BCUT2D eigenvalue weighted by Gasteiger charge is 2.12. The van der Waals surface area contributed by atoms with Gasteiger partial charge >= 0.3 is 0 Å². The zero-order valence-electron chi connectivity index (χ0n) is 14.9. The van der Waals surface area contributed by atoms with Crippen molar-refractivity contribution in [1.82, 2.24) is 10.2 Å². The Morgan fingerprint density at radius 2 is 1.88 bits per heavy atom. The van der Waals surface area contributed by atoms with Crippen molar-refractivity contribution in [2.24, 2.45) is 4.99 Å². The number of nitrogens with zero attached hydrogens (tertiary/aromatic N) is 2. The molecule has 1 aromatic rings. The number of sulfone groups is 1. The van der Waals surface area contributed by atoms with Gasteiger partial charge < -0.3 is 10.2 Å². The smallest absolute Gasteiger partial charge is 0.193 e. The van der Waals surface area contributed by atoms with Gasteiger partial charge in [0.25, 0.3) is 0 Å². The number of benzene rings is 1. The molecule has 0 saturated carbocycles. The lowest BCUT2D eigenvalue weighted by Crippen LogP contribution is -2.40. The molecular formula is C17H30IN3O2S. The first kappa shape index (κ1) is 23.2. The summed E-state index contributed by atoms with van der Waals surface area (Å²) >= 11 is 0. The van der Waals surface area contributed by atoms with Crippen LogP contribution < -0.4 is 5.32 Å². The average Bonchev–Trinajstić information content (AvgIpc) is 2.53. The van der Waals surface area contributed by atoms with Gasteiger partial charge in [0.05, 0.1) is 11.5 Å². The Morgan fingerprint density at radius 1 is 1.21 bits per heavy atom. The van der Waals surface area contributed by atoms with Gasteiger partial charge in [-0.3, -0.25) is 4.99 Å². The molecule has 0 spiro atoms. The predicted molar refractivity (Wildman–Crippen MR) is 113 cm³/mol. The van der Waals surface area contributed by atoms with Crippen molar-refractivity contribution in [2.45, 2.75) is 31.9 Å². The highest BCUT2D eigenvalue weighted by atomic mass is 127. The molecule has 5 nitrogen and oxygen atoms in total. The van der Waals surface area contributed by atoms with Crippen molar-refractivity contribution < 1.29 is 8.42 Å². The highest BCUT2D eigenvalue weighted by Crippen LogP contribution is 2.07. The second-order valence-corrected chi connectivity index (χ2v) is 7.86. The fourth-order valence-electron chi connectivity index (χ4n) is 2.28. The maximum absolute atomic E-state index is 12.1. The van der Waals surface area contributed by atoms with Gasteiger partial charge in [0.1, 0.15) is 0 Å². The molecule has 0 aromatic heterocycles. The van der Waals surface area contributed by atoms with Crippen LogP contribution in [0.15, 0.2) is 35.3 Å². The summed E-state index contributed by atoms with van der Waals surface area (Å²) < 4.78 is 24.2. The van der Waals surface area contributed by atoms with Gasteiger partial charge in [0, 0.05) is 27.2 Å². The number of hydrogen-bond donors (Lipinski definition) is 1. The molecule has 24 heavy (non-hydrogen) atoms. The van der Waals surface area contributed by atoms with Crippen LogP contribution in [0.2, 0.25) is 0 Å². The van der Waals surface area contributed by atoms with Crippen LogP contribution in [0, 0.1) is 0 Å². The zero-order valence-corrected chi connectivity index (χ0v) is 18.0. The Labute approximate surface area is 163 Å². The first-order valence-corrected chi connectivity index (χ1v) is 9.96. The van der Waals surface area contributed by atoms with Gasteiger partial charge in [0.15, 0.2) is 15.8 Å². The Balaban J connectivity index is 0.00000529. The van der Waals surface area contributed by atoms with E-state index in [1.165, 1.54) is 0 Å². The van der Waals surface area contributed by atoms with Crippen LogP contribution in [-0.2, 0) is 15.6 Å². The molecule has 0 aliphatic heterocycles. The monoisotopic (exact) mass is 467 g/mol. The standard InChI is InChI=1S/C17H29N3O2S.HI/c1-4-5-13-20(3)17(18-2)19-12-9-14-23(21,22)15-16-10-7-6-8-11-16;/h6-8,10-11H,4-5,9,12-15H2,1-3H3,(H,18,19);1H. The van der Waals surface area contributed by atoms with E-state index in [2.05, 4.69) is 22.1 Å². The van der Waals surface area contributed by atoms with Crippen LogP contribution in [0.3, 0.4) is 0 Å². The second kappa shape index (κ2) is 12.5. The summed E-state index contributed by atoms with van der Waals surface area (Å²) in [6.45, 7) is 3.71. The Kier molecular flexibility index (Phi) is 12.1. The van der Waals surface area contributed by atoms with Crippen LogP contribution in [0.25, 0.3) is 0 Å². The van der Waals surface area contributed by atoms with Crippen molar-refractivity contribution in [2.75, 3.05) is 32.9 Å². The molecule has 0 unspecified atom stereocenters. The van der Waals surface area contributed by atoms with Crippen LogP contribution in [-0.4, -0.2) is 52.2 Å². The van der Waals surface area contributed by atoms with E-state index < -0.39 is 9.84 Å². The fourth-order valence-corrected chi connectivity index (χ4v) is 3.71. The number of unbranched alkanes of at least 4 members (excludes halogenated alkanes) is 1. The van der Waals surface area contributed by atoms with Gasteiger partial charge in [-0.25, -0.2) is 8.42 Å². The summed E-state index contributed by atoms with van der Waals surface area (Å²) in [6, 6.07) is 9.31. The first-order chi connectivity index (χ1) is 11.0. The molecule has 1 N–H and O–H groups in total. The van der Waals surface area contributed by atoms with Crippen molar-refractivity contribution >= 4 is 39.8 Å². The van der Waals surface area contributed by atoms with Crippen molar-refractivity contribution in [1.29, 1.82) is 0 Å². The average molecular weight is 467 g/mol. The SMILES string of the molecule is CCCCN(C)C(=NC)NCCCS(=O)(=O)Cc1ccccc1.I. The summed E-state index contributed by atoms with van der Waals surface area (Å²) in [5.41, 5.74) is 0.843. The van der Waals surface area contributed by atoms with E-state index in [9.17, 15) is 8.42 Å². The minimum atomic E-state index is -3.07. The maximum atomic E-state index is 12.1. The normalized spacial score (nSPS) is 11.7. The number of nitrogens with one attached hydrogen (secondary N) is 1. The summed E-state index contributed by atoms with van der Waals surface area (Å²) in [7, 11) is 0.677. The highest BCUT2D eigenvalue weighted by molar-refractivity contribution is 14.0. The van der Waals surface area contributed by atoms with E-state index in [1.807, 2.05) is 37.4 Å². The zero-order chi connectivity index (χ0) is 17.1. The Hall–Kier alpha value is -0.830. The second-order valence-electron chi connectivity index (χ2n) is 5.68. The van der Waals surface area contributed by atoms with E-state index >= 15 is 0 Å². The first-order valence-electron chi connectivity index (χ1n) is 8.14. The third-order valence-electron chi connectivity index (χ3n) is 3.57. The fraction of sp³-hybridized carbons (Fsp3) is 0.588. The van der Waals surface area contributed by atoms with E-state index in [0.29, 0.717) is 13.0 Å². The van der Waals surface area contributed by atoms with E-state index in [1.54, 1.807) is 7.05 Å². The van der Waals surface area contributed by atoms with E-state index in [-0.39, 0.29) is 35.5 Å². The van der Waals surface area contributed by atoms with Gasteiger partial charge in [-0.2, -0.15) is 0 Å². The van der Waals surface area contributed by atoms with Crippen molar-refractivity contribution in [3.8, 4) is 0 Å².